The van der Waals surface area contributed by atoms with Crippen molar-refractivity contribution in [3.05, 3.63) is 64.4 Å². The molecule has 124 valence electrons. The molecule has 0 aliphatic carbocycles. The molecule has 1 atom stereocenters. The van der Waals surface area contributed by atoms with Gasteiger partial charge in [0.05, 0.1) is 5.69 Å². The maximum absolute atomic E-state index is 13.2. The van der Waals surface area contributed by atoms with Crippen LogP contribution in [0.4, 0.5) is 4.39 Å². The predicted molar refractivity (Wildman–Crippen MR) is 88.2 cm³/mol. The third-order valence-electron chi connectivity index (χ3n) is 3.69. The van der Waals surface area contributed by atoms with E-state index in [1.165, 1.54) is 12.1 Å². The van der Waals surface area contributed by atoms with Crippen LogP contribution in [0.3, 0.4) is 0 Å². The van der Waals surface area contributed by atoms with E-state index >= 15 is 0 Å². The molecular formula is C16H16FN5OS. The van der Waals surface area contributed by atoms with E-state index in [2.05, 4.69) is 19.9 Å². The summed E-state index contributed by atoms with van der Waals surface area (Å²) >= 11 is 1.06. The van der Waals surface area contributed by atoms with Gasteiger partial charge >= 0.3 is 0 Å². The molecule has 0 fully saturated rings. The Morgan fingerprint density at radius 3 is 2.75 bits per heavy atom. The number of carbonyl (C=O) groups excluding carboxylic acids is 1. The Bertz CT molecular complexity index is 842. The summed E-state index contributed by atoms with van der Waals surface area (Å²) in [7, 11) is 1.84. The molecule has 0 bridgehead atoms. The molecule has 0 radical (unpaired) electrons. The van der Waals surface area contributed by atoms with Crippen LogP contribution in [-0.2, 0) is 13.5 Å². The number of aromatic nitrogens is 4. The van der Waals surface area contributed by atoms with Crippen LogP contribution in [0.1, 0.15) is 39.7 Å². The van der Waals surface area contributed by atoms with Gasteiger partial charge in [-0.25, -0.2) is 9.37 Å². The number of halogens is 1. The molecule has 0 saturated heterocycles. The van der Waals surface area contributed by atoms with Crippen molar-refractivity contribution >= 4 is 17.4 Å². The number of amides is 1. The minimum absolute atomic E-state index is 0.265. The highest BCUT2D eigenvalue weighted by Crippen LogP contribution is 2.22. The quantitative estimate of drug-likeness (QED) is 0.771. The minimum atomic E-state index is -0.495. The normalized spacial score (nSPS) is 12.1. The summed E-state index contributed by atoms with van der Waals surface area (Å²) in [6.45, 7) is 1.92. The second-order valence-electron chi connectivity index (χ2n) is 5.26. The SMILES string of the molecule is CCc1nnsc1C(=O)N[C@@H](c1ccc(F)cc1)c1nccn1C. The number of nitrogens with zero attached hydrogens (tertiary/aromatic N) is 4. The van der Waals surface area contributed by atoms with Crippen LogP contribution in [0.2, 0.25) is 0 Å². The summed E-state index contributed by atoms with van der Waals surface area (Å²) in [5.41, 5.74) is 1.41. The lowest BCUT2D eigenvalue weighted by Gasteiger charge is -2.19. The minimum Gasteiger partial charge on any atom is -0.337 e. The van der Waals surface area contributed by atoms with Crippen molar-refractivity contribution < 1.29 is 9.18 Å². The number of hydrogen-bond acceptors (Lipinski definition) is 5. The lowest BCUT2D eigenvalue weighted by atomic mass is 10.1. The Hall–Kier alpha value is -2.61. The second kappa shape index (κ2) is 6.88. The maximum Gasteiger partial charge on any atom is 0.265 e. The highest BCUT2D eigenvalue weighted by molar-refractivity contribution is 7.08. The van der Waals surface area contributed by atoms with Crippen LogP contribution in [0.15, 0.2) is 36.7 Å². The van der Waals surface area contributed by atoms with Gasteiger partial charge in [0.25, 0.3) is 5.91 Å². The largest absolute Gasteiger partial charge is 0.337 e. The topological polar surface area (TPSA) is 72.7 Å². The standard InChI is InChI=1S/C16H16FN5OS/c1-3-12-14(24-21-20-12)16(23)19-13(15-18-8-9-22(15)2)10-4-6-11(17)7-5-10/h4-9,13H,3H2,1-2H3,(H,19,23)/t13-/m0/s1. The van der Waals surface area contributed by atoms with Gasteiger partial charge in [0.15, 0.2) is 0 Å². The third-order valence-corrected chi connectivity index (χ3v) is 4.46. The fourth-order valence-electron chi connectivity index (χ4n) is 2.42. The van der Waals surface area contributed by atoms with Crippen molar-refractivity contribution in [2.24, 2.45) is 7.05 Å². The molecule has 3 rings (SSSR count). The smallest absolute Gasteiger partial charge is 0.265 e. The van der Waals surface area contributed by atoms with Crippen molar-refractivity contribution in [3.8, 4) is 0 Å². The molecule has 1 amide bonds. The number of nitrogens with one attached hydrogen (secondary N) is 1. The van der Waals surface area contributed by atoms with Crippen LogP contribution < -0.4 is 5.32 Å². The van der Waals surface area contributed by atoms with E-state index in [9.17, 15) is 9.18 Å². The van der Waals surface area contributed by atoms with Gasteiger partial charge in [-0.1, -0.05) is 23.5 Å². The Labute approximate surface area is 142 Å². The van der Waals surface area contributed by atoms with Gasteiger partial charge in [0, 0.05) is 19.4 Å². The maximum atomic E-state index is 13.2. The summed E-state index contributed by atoms with van der Waals surface area (Å²) in [4.78, 5) is 17.5. The van der Waals surface area contributed by atoms with Crippen LogP contribution in [0, 0.1) is 5.82 Å². The van der Waals surface area contributed by atoms with Gasteiger partial charge in [-0.05, 0) is 35.6 Å². The molecule has 0 aliphatic rings. The first kappa shape index (κ1) is 16.3. The molecule has 0 aliphatic heterocycles. The van der Waals surface area contributed by atoms with Crippen molar-refractivity contribution in [2.45, 2.75) is 19.4 Å². The first-order chi connectivity index (χ1) is 11.6. The number of rotatable bonds is 5. The number of hydrogen-bond donors (Lipinski definition) is 1. The molecule has 8 heteroatoms. The van der Waals surface area contributed by atoms with Crippen LogP contribution >= 0.6 is 11.5 Å². The van der Waals surface area contributed by atoms with Crippen molar-refractivity contribution in [2.75, 3.05) is 0 Å². The summed E-state index contributed by atoms with van der Waals surface area (Å²) in [6, 6.07) is 5.51. The van der Waals surface area contributed by atoms with E-state index in [1.807, 2.05) is 18.5 Å². The van der Waals surface area contributed by atoms with Gasteiger partial charge in [-0.3, -0.25) is 4.79 Å². The van der Waals surface area contributed by atoms with E-state index in [0.717, 1.165) is 17.1 Å². The number of carbonyl (C=O) groups is 1. The molecule has 2 aromatic heterocycles. The third kappa shape index (κ3) is 3.18. The molecule has 1 aromatic carbocycles. The summed E-state index contributed by atoms with van der Waals surface area (Å²) in [6.07, 6.45) is 4.08. The zero-order chi connectivity index (χ0) is 17.1. The molecule has 0 unspecified atom stereocenters. The van der Waals surface area contributed by atoms with E-state index in [-0.39, 0.29) is 11.7 Å². The number of aryl methyl sites for hydroxylation is 2. The second-order valence-corrected chi connectivity index (χ2v) is 6.01. The Morgan fingerprint density at radius 2 is 2.12 bits per heavy atom. The molecular weight excluding hydrogens is 329 g/mol. The van der Waals surface area contributed by atoms with Crippen molar-refractivity contribution in [1.82, 2.24) is 24.5 Å². The van der Waals surface area contributed by atoms with Gasteiger partial charge in [0.2, 0.25) is 0 Å². The fraction of sp³-hybridized carbons (Fsp3) is 0.250. The molecule has 6 nitrogen and oxygen atoms in total. The average Bonchev–Trinajstić information content (AvgIpc) is 3.22. The highest BCUT2D eigenvalue weighted by atomic mass is 32.1. The van der Waals surface area contributed by atoms with E-state index < -0.39 is 6.04 Å². The van der Waals surface area contributed by atoms with Crippen molar-refractivity contribution in [1.29, 1.82) is 0 Å². The number of benzene rings is 1. The summed E-state index contributed by atoms with van der Waals surface area (Å²) < 4.78 is 18.9. The lowest BCUT2D eigenvalue weighted by molar-refractivity contribution is 0.0944. The Balaban J connectivity index is 1.95. The zero-order valence-electron chi connectivity index (χ0n) is 13.2. The number of imidazole rings is 1. The fourth-order valence-corrected chi connectivity index (χ4v) is 3.07. The van der Waals surface area contributed by atoms with Gasteiger partial charge in [-0.2, -0.15) is 0 Å². The van der Waals surface area contributed by atoms with Gasteiger partial charge in [-0.15, -0.1) is 5.10 Å². The first-order valence-electron chi connectivity index (χ1n) is 7.45. The average molecular weight is 345 g/mol. The van der Waals surface area contributed by atoms with E-state index in [4.69, 9.17) is 0 Å². The van der Waals surface area contributed by atoms with Gasteiger partial charge in [0.1, 0.15) is 22.6 Å². The monoisotopic (exact) mass is 345 g/mol. The van der Waals surface area contributed by atoms with Crippen LogP contribution in [-0.4, -0.2) is 25.0 Å². The van der Waals surface area contributed by atoms with Crippen molar-refractivity contribution in [3.63, 3.8) is 0 Å². The molecule has 24 heavy (non-hydrogen) atoms. The van der Waals surface area contributed by atoms with Gasteiger partial charge < -0.3 is 9.88 Å². The van der Waals surface area contributed by atoms with Crippen LogP contribution in [0.5, 0.6) is 0 Å². The molecule has 1 N–H and O–H groups in total. The molecule has 2 heterocycles. The molecule has 0 spiro atoms. The van der Waals surface area contributed by atoms with E-state index in [0.29, 0.717) is 22.8 Å². The highest BCUT2D eigenvalue weighted by Gasteiger charge is 2.24. The van der Waals surface area contributed by atoms with E-state index in [1.54, 1.807) is 24.5 Å². The summed E-state index contributed by atoms with van der Waals surface area (Å²) in [5.74, 6) is 0.0632. The summed E-state index contributed by atoms with van der Waals surface area (Å²) in [5, 5.41) is 6.92. The first-order valence-corrected chi connectivity index (χ1v) is 8.22. The predicted octanol–water partition coefficient (Wildman–Crippen LogP) is 2.49. The molecule has 0 saturated carbocycles. The lowest BCUT2D eigenvalue weighted by Crippen LogP contribution is -2.31. The Kier molecular flexibility index (Phi) is 4.66. The zero-order valence-corrected chi connectivity index (χ0v) is 14.0. The molecule has 3 aromatic rings. The van der Waals surface area contributed by atoms with Crippen LogP contribution in [0.25, 0.3) is 0 Å². The Morgan fingerprint density at radius 1 is 1.38 bits per heavy atom.